The summed E-state index contributed by atoms with van der Waals surface area (Å²) in [6.45, 7) is 0. The Bertz CT molecular complexity index is 597. The maximum absolute atomic E-state index is 6.38. The summed E-state index contributed by atoms with van der Waals surface area (Å²) in [5, 5.41) is 1.53. The fraction of sp³-hybridized carbons (Fsp3) is 0.308. The highest BCUT2D eigenvalue weighted by atomic mass is 127. The van der Waals surface area contributed by atoms with Gasteiger partial charge in [-0.05, 0) is 59.5 Å². The van der Waals surface area contributed by atoms with Crippen molar-refractivity contribution in [2.45, 2.75) is 25.2 Å². The minimum absolute atomic E-state index is 0.369. The highest BCUT2D eigenvalue weighted by molar-refractivity contribution is 14.1. The SMILES string of the molecule is Nc1nc2c(s1)C(c1ccc(I)cc1Cl)CCC2. The molecule has 0 bridgehead atoms. The average molecular weight is 391 g/mol. The molecule has 1 unspecified atom stereocenters. The molecule has 18 heavy (non-hydrogen) atoms. The molecule has 2 N–H and O–H groups in total. The van der Waals surface area contributed by atoms with Crippen LogP contribution >= 0.6 is 45.5 Å². The van der Waals surface area contributed by atoms with E-state index < -0.39 is 0 Å². The Morgan fingerprint density at radius 2 is 2.28 bits per heavy atom. The molecule has 0 fully saturated rings. The molecular weight excluding hydrogens is 379 g/mol. The Kier molecular flexibility index (Phi) is 3.51. The van der Waals surface area contributed by atoms with Crippen molar-refractivity contribution in [3.63, 3.8) is 0 Å². The van der Waals surface area contributed by atoms with Crippen LogP contribution in [0.1, 0.15) is 34.9 Å². The maximum Gasteiger partial charge on any atom is 0.180 e. The minimum Gasteiger partial charge on any atom is -0.375 e. The number of halogens is 2. The Balaban J connectivity index is 2.07. The van der Waals surface area contributed by atoms with E-state index in [0.29, 0.717) is 11.0 Å². The number of hydrogen-bond donors (Lipinski definition) is 1. The zero-order valence-corrected chi connectivity index (χ0v) is 13.3. The van der Waals surface area contributed by atoms with Crippen LogP contribution in [0.25, 0.3) is 0 Å². The number of nitrogens with zero attached hydrogens (tertiary/aromatic N) is 1. The van der Waals surface area contributed by atoms with Crippen molar-refractivity contribution in [1.29, 1.82) is 0 Å². The molecule has 1 aliphatic rings. The third-order valence-corrected chi connectivity index (χ3v) is 5.34. The van der Waals surface area contributed by atoms with Crippen molar-refractivity contribution in [3.8, 4) is 0 Å². The third kappa shape index (κ3) is 2.26. The molecule has 0 spiro atoms. The van der Waals surface area contributed by atoms with Crippen LogP contribution < -0.4 is 5.73 Å². The second-order valence-electron chi connectivity index (χ2n) is 4.47. The van der Waals surface area contributed by atoms with Gasteiger partial charge in [-0.1, -0.05) is 17.7 Å². The number of aromatic nitrogens is 1. The van der Waals surface area contributed by atoms with Gasteiger partial charge in [-0.2, -0.15) is 0 Å². The van der Waals surface area contributed by atoms with Gasteiger partial charge in [0.15, 0.2) is 5.13 Å². The molecule has 0 saturated heterocycles. The molecule has 0 aliphatic heterocycles. The van der Waals surface area contributed by atoms with Gasteiger partial charge in [-0.25, -0.2) is 4.98 Å². The molecule has 2 aromatic rings. The zero-order chi connectivity index (χ0) is 12.7. The molecule has 3 rings (SSSR count). The van der Waals surface area contributed by atoms with E-state index in [1.165, 1.54) is 19.7 Å². The Hall–Kier alpha value is -0.330. The molecule has 1 atom stereocenters. The van der Waals surface area contributed by atoms with Crippen LogP contribution in [0.4, 0.5) is 5.13 Å². The smallest absolute Gasteiger partial charge is 0.180 e. The molecule has 1 aromatic carbocycles. The zero-order valence-electron chi connectivity index (χ0n) is 9.62. The number of rotatable bonds is 1. The summed E-state index contributed by atoms with van der Waals surface area (Å²) in [6, 6.07) is 6.27. The molecule has 5 heteroatoms. The number of anilines is 1. The second kappa shape index (κ2) is 4.98. The summed E-state index contributed by atoms with van der Waals surface area (Å²) in [6.07, 6.45) is 3.33. The number of aryl methyl sites for hydroxylation is 1. The van der Waals surface area contributed by atoms with Crippen LogP contribution in [0.2, 0.25) is 5.02 Å². The highest BCUT2D eigenvalue weighted by Gasteiger charge is 2.26. The van der Waals surface area contributed by atoms with E-state index >= 15 is 0 Å². The van der Waals surface area contributed by atoms with E-state index in [9.17, 15) is 0 Å². The summed E-state index contributed by atoms with van der Waals surface area (Å²) >= 11 is 10.3. The summed E-state index contributed by atoms with van der Waals surface area (Å²) < 4.78 is 1.17. The van der Waals surface area contributed by atoms with E-state index in [2.05, 4.69) is 39.7 Å². The number of thiazole rings is 1. The summed E-state index contributed by atoms with van der Waals surface area (Å²) in [5.41, 5.74) is 8.21. The summed E-state index contributed by atoms with van der Waals surface area (Å²) in [7, 11) is 0. The number of fused-ring (bicyclic) bond motifs is 1. The molecule has 0 amide bonds. The van der Waals surface area contributed by atoms with Crippen LogP contribution in [0.3, 0.4) is 0 Å². The number of hydrogen-bond acceptors (Lipinski definition) is 3. The molecule has 1 aromatic heterocycles. The minimum atomic E-state index is 0.369. The predicted molar refractivity (Wildman–Crippen MR) is 85.5 cm³/mol. The van der Waals surface area contributed by atoms with Gasteiger partial charge in [0.05, 0.1) is 5.69 Å². The molecule has 1 heterocycles. The topological polar surface area (TPSA) is 38.9 Å². The van der Waals surface area contributed by atoms with Crippen LogP contribution in [0.5, 0.6) is 0 Å². The van der Waals surface area contributed by atoms with Gasteiger partial charge in [0.1, 0.15) is 0 Å². The lowest BCUT2D eigenvalue weighted by Gasteiger charge is -2.22. The van der Waals surface area contributed by atoms with Crippen LogP contribution in [0, 0.1) is 3.57 Å². The normalized spacial score (nSPS) is 18.7. The van der Waals surface area contributed by atoms with E-state index in [4.69, 9.17) is 17.3 Å². The van der Waals surface area contributed by atoms with E-state index in [1.807, 2.05) is 6.07 Å². The maximum atomic E-state index is 6.38. The van der Waals surface area contributed by atoms with Gasteiger partial charge in [0, 0.05) is 19.4 Å². The van der Waals surface area contributed by atoms with Crippen molar-refractivity contribution in [2.24, 2.45) is 0 Å². The Morgan fingerprint density at radius 3 is 3.06 bits per heavy atom. The van der Waals surface area contributed by atoms with Crippen LogP contribution in [0.15, 0.2) is 18.2 Å². The monoisotopic (exact) mass is 390 g/mol. The Labute approximate surface area is 129 Å². The number of benzene rings is 1. The van der Waals surface area contributed by atoms with Gasteiger partial charge in [0.25, 0.3) is 0 Å². The van der Waals surface area contributed by atoms with Crippen LogP contribution in [-0.4, -0.2) is 4.98 Å². The molecule has 0 saturated carbocycles. The van der Waals surface area contributed by atoms with E-state index in [0.717, 1.165) is 24.3 Å². The van der Waals surface area contributed by atoms with Crippen molar-refractivity contribution in [1.82, 2.24) is 4.98 Å². The molecule has 94 valence electrons. The van der Waals surface area contributed by atoms with Gasteiger partial charge in [-0.15, -0.1) is 11.3 Å². The molecular formula is C13H12ClIN2S. The van der Waals surface area contributed by atoms with Gasteiger partial charge in [0.2, 0.25) is 0 Å². The van der Waals surface area contributed by atoms with Gasteiger partial charge in [-0.3, -0.25) is 0 Å². The molecule has 0 radical (unpaired) electrons. The standard InChI is InChI=1S/C13H12ClIN2S/c14-10-6-7(15)4-5-8(10)9-2-1-3-11-12(9)18-13(16)17-11/h4-6,9H,1-3H2,(H2,16,17). The molecule has 1 aliphatic carbocycles. The first-order chi connectivity index (χ1) is 8.65. The van der Waals surface area contributed by atoms with Crippen molar-refractivity contribution < 1.29 is 0 Å². The predicted octanol–water partition coefficient (Wildman–Crippen LogP) is 4.45. The van der Waals surface area contributed by atoms with E-state index in [1.54, 1.807) is 11.3 Å². The number of nitrogen functional groups attached to an aromatic ring is 1. The molecule has 2 nitrogen and oxygen atoms in total. The average Bonchev–Trinajstić information content (AvgIpc) is 2.69. The lowest BCUT2D eigenvalue weighted by atomic mass is 9.86. The number of nitrogens with two attached hydrogens (primary N) is 1. The summed E-state index contributed by atoms with van der Waals surface area (Å²) in [5.74, 6) is 0.369. The Morgan fingerprint density at radius 1 is 1.44 bits per heavy atom. The highest BCUT2D eigenvalue weighted by Crippen LogP contribution is 2.43. The summed E-state index contributed by atoms with van der Waals surface area (Å²) in [4.78, 5) is 5.73. The first kappa shape index (κ1) is 12.7. The first-order valence-electron chi connectivity index (χ1n) is 5.85. The largest absolute Gasteiger partial charge is 0.375 e. The lowest BCUT2D eigenvalue weighted by molar-refractivity contribution is 0.617. The quantitative estimate of drug-likeness (QED) is 0.731. The van der Waals surface area contributed by atoms with Crippen molar-refractivity contribution >= 4 is 50.7 Å². The van der Waals surface area contributed by atoms with E-state index in [-0.39, 0.29) is 0 Å². The van der Waals surface area contributed by atoms with Crippen LogP contribution in [-0.2, 0) is 6.42 Å². The lowest BCUT2D eigenvalue weighted by Crippen LogP contribution is -2.09. The fourth-order valence-electron chi connectivity index (χ4n) is 2.52. The first-order valence-corrected chi connectivity index (χ1v) is 8.12. The fourth-order valence-corrected chi connectivity index (χ4v) is 4.54. The van der Waals surface area contributed by atoms with Gasteiger partial charge < -0.3 is 5.73 Å². The van der Waals surface area contributed by atoms with Gasteiger partial charge >= 0.3 is 0 Å². The van der Waals surface area contributed by atoms with Crippen molar-refractivity contribution in [2.75, 3.05) is 5.73 Å². The second-order valence-corrected chi connectivity index (χ2v) is 7.19. The third-order valence-electron chi connectivity index (χ3n) is 3.30. The van der Waals surface area contributed by atoms with Crippen molar-refractivity contribution in [3.05, 3.63) is 42.9 Å².